The molecular weight excluding hydrogens is 728 g/mol. The van der Waals surface area contributed by atoms with Crippen molar-refractivity contribution in [2.45, 2.75) is 77.0 Å². The zero-order chi connectivity index (χ0) is 39.2. The molecule has 11 nitrogen and oxygen atoms in total. The van der Waals surface area contributed by atoms with E-state index >= 15 is 4.39 Å². The Bertz CT molecular complexity index is 2390. The monoisotopic (exact) mass is 766 g/mol. The molecule has 0 saturated carbocycles. The van der Waals surface area contributed by atoms with Crippen molar-refractivity contribution in [3.8, 4) is 11.3 Å². The van der Waals surface area contributed by atoms with Gasteiger partial charge in [0.15, 0.2) is 0 Å². The lowest BCUT2D eigenvalue weighted by Crippen LogP contribution is -2.52. The zero-order valence-corrected chi connectivity index (χ0v) is 30.7. The highest BCUT2D eigenvalue weighted by Crippen LogP contribution is 2.36. The van der Waals surface area contributed by atoms with Crippen LogP contribution < -0.4 is 10.6 Å². The number of hydrogen-bond donors (Lipinski definition) is 2. The van der Waals surface area contributed by atoms with Crippen molar-refractivity contribution in [3.05, 3.63) is 112 Å². The molecule has 3 aliphatic rings. The maximum Gasteiger partial charge on any atom is 0.266 e. The molecule has 2 N–H and O–H groups in total. The van der Waals surface area contributed by atoms with Crippen molar-refractivity contribution in [2.24, 2.45) is 0 Å². The Morgan fingerprint density at radius 1 is 0.964 bits per heavy atom. The van der Waals surface area contributed by atoms with Crippen LogP contribution in [0.4, 0.5) is 23.4 Å². The fourth-order valence-corrected chi connectivity index (χ4v) is 8.07. The lowest BCUT2D eigenvalue weighted by atomic mass is 9.87. The first kappa shape index (κ1) is 37.1. The number of carbonyl (C=O) groups is 3. The fourth-order valence-electron chi connectivity index (χ4n) is 8.07. The van der Waals surface area contributed by atoms with Gasteiger partial charge in [0.05, 0.1) is 29.0 Å². The van der Waals surface area contributed by atoms with Crippen LogP contribution in [-0.4, -0.2) is 66.6 Å². The number of rotatable bonds is 9. The third-order valence-corrected chi connectivity index (χ3v) is 11.0. The second kappa shape index (κ2) is 15.0. The van der Waals surface area contributed by atoms with Gasteiger partial charge in [0, 0.05) is 54.0 Å². The number of alkyl halides is 2. The topological polar surface area (TPSA) is 133 Å². The van der Waals surface area contributed by atoms with E-state index in [0.717, 1.165) is 17.2 Å². The van der Waals surface area contributed by atoms with E-state index in [4.69, 9.17) is 0 Å². The third-order valence-electron chi connectivity index (χ3n) is 11.0. The summed E-state index contributed by atoms with van der Waals surface area (Å²) in [7, 11) is 0. The third kappa shape index (κ3) is 7.18. The number of nitrogens with zero attached hydrogens (tertiary/aromatic N) is 6. The van der Waals surface area contributed by atoms with Crippen molar-refractivity contribution < 1.29 is 31.9 Å². The van der Waals surface area contributed by atoms with Crippen molar-refractivity contribution in [3.63, 3.8) is 0 Å². The van der Waals surface area contributed by atoms with Crippen LogP contribution in [0.2, 0.25) is 0 Å². The first-order valence-electron chi connectivity index (χ1n) is 18.5. The molecular formula is C41H38F4N8O3. The van der Waals surface area contributed by atoms with Crippen molar-refractivity contribution in [2.75, 3.05) is 18.4 Å². The molecule has 0 bridgehead atoms. The van der Waals surface area contributed by atoms with E-state index in [1.54, 1.807) is 38.5 Å². The molecule has 2 fully saturated rings. The van der Waals surface area contributed by atoms with E-state index in [1.165, 1.54) is 23.1 Å². The number of anilines is 1. The second-order valence-corrected chi connectivity index (χ2v) is 14.7. The Labute approximate surface area is 319 Å². The summed E-state index contributed by atoms with van der Waals surface area (Å²) in [4.78, 5) is 59.1. The highest BCUT2D eigenvalue weighted by Gasteiger charge is 2.40. The van der Waals surface area contributed by atoms with Crippen LogP contribution in [0.3, 0.4) is 0 Å². The molecule has 2 aromatic carbocycles. The molecule has 8 rings (SSSR count). The van der Waals surface area contributed by atoms with Gasteiger partial charge in [-0.15, -0.1) is 0 Å². The standard InChI is InChI=1S/C41H38F4N8O3/c1-21(27-4-3-5-28(37(27)43)38(44)45)48-39-31-15-33(47-18-34(31)49-22(2)50-39)25-12-23(16-46-17-25)19-52-10-8-24(9-11-52)29-13-26-20-53(41(56)30(26)14-32(29)42)35-6-7-36(54)51-40(35)55/h3-5,12-18,21,24,35,38H,6-11,19-20H2,1-2H3,(H,48,49,50)(H,51,54,55). The molecule has 0 aliphatic carbocycles. The number of piperidine rings is 2. The van der Waals surface area contributed by atoms with Gasteiger partial charge in [-0.3, -0.25) is 34.6 Å². The number of amides is 3. The number of imide groups is 1. The van der Waals surface area contributed by atoms with Crippen molar-refractivity contribution >= 4 is 34.4 Å². The number of aromatic nitrogens is 4. The largest absolute Gasteiger partial charge is 0.363 e. The van der Waals surface area contributed by atoms with Gasteiger partial charge >= 0.3 is 0 Å². The minimum absolute atomic E-state index is 0.0383. The van der Waals surface area contributed by atoms with Crippen LogP contribution in [0.15, 0.2) is 61.1 Å². The summed E-state index contributed by atoms with van der Waals surface area (Å²) >= 11 is 0. The van der Waals surface area contributed by atoms with E-state index in [9.17, 15) is 27.6 Å². The van der Waals surface area contributed by atoms with Crippen LogP contribution in [-0.2, 0) is 22.7 Å². The van der Waals surface area contributed by atoms with Gasteiger partial charge < -0.3 is 10.2 Å². The molecule has 2 unspecified atom stereocenters. The minimum atomic E-state index is -2.94. The Morgan fingerprint density at radius 2 is 1.75 bits per heavy atom. The summed E-state index contributed by atoms with van der Waals surface area (Å²) in [5.74, 6) is -1.81. The first-order chi connectivity index (χ1) is 26.9. The summed E-state index contributed by atoms with van der Waals surface area (Å²) in [5, 5.41) is 6.11. The van der Waals surface area contributed by atoms with Gasteiger partial charge in [-0.25, -0.2) is 27.5 Å². The summed E-state index contributed by atoms with van der Waals surface area (Å²) in [6, 6.07) is 9.41. The van der Waals surface area contributed by atoms with E-state index in [1.807, 2.05) is 12.1 Å². The Balaban J connectivity index is 0.945. The molecule has 0 spiro atoms. The molecule has 15 heteroatoms. The molecule has 0 radical (unpaired) electrons. The van der Waals surface area contributed by atoms with Gasteiger partial charge in [0.2, 0.25) is 11.8 Å². The van der Waals surface area contributed by atoms with Gasteiger partial charge in [-0.05, 0) is 87.0 Å². The molecule has 3 aliphatic heterocycles. The van der Waals surface area contributed by atoms with Gasteiger partial charge in [0.1, 0.15) is 29.3 Å². The minimum Gasteiger partial charge on any atom is -0.363 e. The van der Waals surface area contributed by atoms with E-state index in [2.05, 4.69) is 35.5 Å². The number of fused-ring (bicyclic) bond motifs is 2. The van der Waals surface area contributed by atoms with Gasteiger partial charge in [-0.1, -0.05) is 24.3 Å². The molecule has 5 aromatic rings. The maximum absolute atomic E-state index is 15.5. The van der Waals surface area contributed by atoms with Gasteiger partial charge in [0.25, 0.3) is 12.3 Å². The zero-order valence-electron chi connectivity index (χ0n) is 30.7. The number of hydrogen-bond acceptors (Lipinski definition) is 9. The molecule has 56 heavy (non-hydrogen) atoms. The number of benzene rings is 2. The summed E-state index contributed by atoms with van der Waals surface area (Å²) in [5.41, 5.74) is 3.85. The number of likely N-dealkylation sites (tertiary alicyclic amines) is 1. The van der Waals surface area contributed by atoms with E-state index < -0.39 is 47.5 Å². The Hall–Kier alpha value is -5.83. The number of pyridine rings is 2. The Morgan fingerprint density at radius 3 is 2.52 bits per heavy atom. The summed E-state index contributed by atoms with van der Waals surface area (Å²) in [6.07, 6.45) is 4.02. The number of aryl methyl sites for hydroxylation is 1. The predicted octanol–water partition coefficient (Wildman–Crippen LogP) is 6.92. The van der Waals surface area contributed by atoms with Crippen molar-refractivity contribution in [1.82, 2.24) is 35.1 Å². The average Bonchev–Trinajstić information content (AvgIpc) is 3.48. The maximum atomic E-state index is 15.5. The first-order valence-corrected chi connectivity index (χ1v) is 18.5. The summed E-state index contributed by atoms with van der Waals surface area (Å²) in [6.45, 7) is 5.64. The lowest BCUT2D eigenvalue weighted by molar-refractivity contribution is -0.136. The van der Waals surface area contributed by atoms with E-state index in [0.29, 0.717) is 71.8 Å². The molecule has 2 saturated heterocycles. The molecule has 6 heterocycles. The SMILES string of the molecule is Cc1nc(NC(C)c2cccc(C(F)F)c2F)c2cc(-c3cncc(CN4CCC(c5cc6c(cc5F)C(=O)N(C5CCC(=O)NC5=O)C6)CC4)c3)ncc2n1. The molecule has 2 atom stereocenters. The van der Waals surface area contributed by atoms with Crippen LogP contribution in [0.1, 0.15) is 95.0 Å². The van der Waals surface area contributed by atoms with Crippen LogP contribution in [0, 0.1) is 18.6 Å². The molecule has 3 aromatic heterocycles. The quantitative estimate of drug-likeness (QED) is 0.121. The summed E-state index contributed by atoms with van der Waals surface area (Å²) < 4.78 is 57.3. The van der Waals surface area contributed by atoms with Crippen LogP contribution >= 0.6 is 0 Å². The Kier molecular flexibility index (Phi) is 9.95. The lowest BCUT2D eigenvalue weighted by Gasteiger charge is -2.32. The smallest absolute Gasteiger partial charge is 0.266 e. The predicted molar refractivity (Wildman–Crippen MR) is 198 cm³/mol. The number of halogens is 4. The fraction of sp³-hybridized carbons (Fsp3) is 0.341. The number of nitrogens with one attached hydrogen (secondary N) is 2. The number of carbonyl (C=O) groups excluding carboxylic acids is 3. The van der Waals surface area contributed by atoms with Crippen molar-refractivity contribution in [1.29, 1.82) is 0 Å². The van der Waals surface area contributed by atoms with Crippen LogP contribution in [0.25, 0.3) is 22.2 Å². The second-order valence-electron chi connectivity index (χ2n) is 14.7. The highest BCUT2D eigenvalue weighted by atomic mass is 19.3. The van der Waals surface area contributed by atoms with E-state index in [-0.39, 0.29) is 42.3 Å². The normalized spacial score (nSPS) is 18.4. The van der Waals surface area contributed by atoms with Gasteiger partial charge in [-0.2, -0.15) is 0 Å². The molecule has 288 valence electrons. The highest BCUT2D eigenvalue weighted by molar-refractivity contribution is 6.05. The van der Waals surface area contributed by atoms with Crippen LogP contribution in [0.5, 0.6) is 0 Å². The molecule has 3 amide bonds. The average molecular weight is 767 g/mol.